The molecule has 0 fully saturated rings. The summed E-state index contributed by atoms with van der Waals surface area (Å²) in [6, 6.07) is 16.1. The van der Waals surface area contributed by atoms with Crippen LogP contribution in [0.5, 0.6) is 5.75 Å². The van der Waals surface area contributed by atoms with E-state index in [0.29, 0.717) is 16.4 Å². The summed E-state index contributed by atoms with van der Waals surface area (Å²) in [6.45, 7) is 1.92. The van der Waals surface area contributed by atoms with E-state index in [0.717, 1.165) is 10.9 Å². The third-order valence-corrected chi connectivity index (χ3v) is 3.59. The first-order valence-electron chi connectivity index (χ1n) is 6.58. The molecule has 3 aromatic rings. The summed E-state index contributed by atoms with van der Waals surface area (Å²) in [5, 5.41) is 1.52. The van der Waals surface area contributed by atoms with Crippen LogP contribution in [-0.4, -0.2) is 0 Å². The molecular weight excluding hydrogens is 288 g/mol. The molecule has 0 saturated carbocycles. The van der Waals surface area contributed by atoms with E-state index < -0.39 is 0 Å². The Bertz CT molecular complexity index is 839. The Kier molecular flexibility index (Phi) is 3.67. The highest BCUT2D eigenvalue weighted by atomic mass is 35.5. The van der Waals surface area contributed by atoms with Gasteiger partial charge in [0.15, 0.2) is 0 Å². The molecule has 3 nitrogen and oxygen atoms in total. The van der Waals surface area contributed by atoms with Crippen LogP contribution in [-0.2, 0) is 0 Å². The van der Waals surface area contributed by atoms with Gasteiger partial charge in [-0.3, -0.25) is 0 Å². The number of rotatable bonds is 3. The maximum absolute atomic E-state index is 11.3. The predicted octanol–water partition coefficient (Wildman–Crippen LogP) is 4.59. The van der Waals surface area contributed by atoms with Crippen molar-refractivity contribution in [2.75, 3.05) is 0 Å². The van der Waals surface area contributed by atoms with E-state index in [-0.39, 0.29) is 11.7 Å². The second-order valence-corrected chi connectivity index (χ2v) is 5.14. The molecule has 21 heavy (non-hydrogen) atoms. The normalized spacial score (nSPS) is 12.3. The van der Waals surface area contributed by atoms with E-state index in [1.54, 1.807) is 12.1 Å². The Balaban J connectivity index is 1.91. The Morgan fingerprint density at radius 3 is 2.67 bits per heavy atom. The first-order chi connectivity index (χ1) is 10.1. The zero-order valence-electron chi connectivity index (χ0n) is 11.4. The summed E-state index contributed by atoms with van der Waals surface area (Å²) < 4.78 is 11.0. The largest absolute Gasteiger partial charge is 0.486 e. The second kappa shape index (κ2) is 5.62. The van der Waals surface area contributed by atoms with Gasteiger partial charge in [0.2, 0.25) is 0 Å². The smallest absolute Gasteiger partial charge is 0.336 e. The van der Waals surface area contributed by atoms with Gasteiger partial charge in [-0.1, -0.05) is 29.8 Å². The van der Waals surface area contributed by atoms with E-state index in [1.807, 2.05) is 43.3 Å². The zero-order valence-corrected chi connectivity index (χ0v) is 12.1. The van der Waals surface area contributed by atoms with Crippen LogP contribution in [0.15, 0.2) is 63.8 Å². The van der Waals surface area contributed by atoms with Gasteiger partial charge < -0.3 is 9.15 Å². The molecule has 0 amide bonds. The summed E-state index contributed by atoms with van der Waals surface area (Å²) in [5.74, 6) is 0.629. The van der Waals surface area contributed by atoms with E-state index in [4.69, 9.17) is 20.8 Å². The first kappa shape index (κ1) is 13.7. The van der Waals surface area contributed by atoms with Crippen LogP contribution < -0.4 is 10.4 Å². The van der Waals surface area contributed by atoms with Crippen molar-refractivity contribution in [3.8, 4) is 5.75 Å². The third kappa shape index (κ3) is 2.93. The molecule has 0 aliphatic heterocycles. The van der Waals surface area contributed by atoms with Gasteiger partial charge in [0.25, 0.3) is 0 Å². The van der Waals surface area contributed by atoms with Gasteiger partial charge in [-0.05, 0) is 31.2 Å². The lowest BCUT2D eigenvalue weighted by atomic mass is 10.1. The van der Waals surface area contributed by atoms with Crippen LogP contribution in [0.1, 0.15) is 18.6 Å². The number of ether oxygens (including phenoxy) is 1. The van der Waals surface area contributed by atoms with Crippen molar-refractivity contribution in [3.63, 3.8) is 0 Å². The Labute approximate surface area is 126 Å². The van der Waals surface area contributed by atoms with E-state index in [2.05, 4.69) is 0 Å². The van der Waals surface area contributed by atoms with Gasteiger partial charge in [-0.15, -0.1) is 0 Å². The number of hydrogen-bond donors (Lipinski definition) is 0. The fourth-order valence-corrected chi connectivity index (χ4v) is 2.48. The third-order valence-electron chi connectivity index (χ3n) is 3.25. The van der Waals surface area contributed by atoms with Crippen LogP contribution in [0.3, 0.4) is 0 Å². The van der Waals surface area contributed by atoms with Crippen molar-refractivity contribution in [2.45, 2.75) is 13.0 Å². The molecule has 1 atom stereocenters. The summed E-state index contributed by atoms with van der Waals surface area (Å²) in [6.07, 6.45) is -0.202. The van der Waals surface area contributed by atoms with E-state index in [1.165, 1.54) is 6.07 Å². The second-order valence-electron chi connectivity index (χ2n) is 4.74. The summed E-state index contributed by atoms with van der Waals surface area (Å²) in [4.78, 5) is 11.3. The van der Waals surface area contributed by atoms with Gasteiger partial charge in [0.05, 0.1) is 0 Å². The number of hydrogen-bond acceptors (Lipinski definition) is 3. The molecule has 0 saturated heterocycles. The maximum Gasteiger partial charge on any atom is 0.336 e. The highest BCUT2D eigenvalue weighted by Gasteiger charge is 2.11. The molecule has 106 valence electrons. The maximum atomic E-state index is 11.3. The molecule has 2 aromatic carbocycles. The van der Waals surface area contributed by atoms with Gasteiger partial charge in [-0.25, -0.2) is 4.79 Å². The fraction of sp³-hybridized carbons (Fsp3) is 0.118. The molecule has 3 rings (SSSR count). The van der Waals surface area contributed by atoms with Gasteiger partial charge in [0.1, 0.15) is 17.4 Å². The minimum absolute atomic E-state index is 0.202. The molecule has 0 bridgehead atoms. The van der Waals surface area contributed by atoms with Crippen molar-refractivity contribution in [1.82, 2.24) is 0 Å². The van der Waals surface area contributed by atoms with Crippen LogP contribution in [0.2, 0.25) is 5.02 Å². The van der Waals surface area contributed by atoms with Crippen molar-refractivity contribution in [3.05, 3.63) is 75.6 Å². The molecule has 0 unspecified atom stereocenters. The monoisotopic (exact) mass is 300 g/mol. The standard InChI is InChI=1S/C17H13ClO3/c1-11(14-4-2-3-5-15(14)18)20-13-8-6-12-7-9-17(19)21-16(12)10-13/h2-11H,1H3/t11-/m1/s1. The molecule has 1 heterocycles. The minimum Gasteiger partial charge on any atom is -0.486 e. The molecule has 0 aliphatic carbocycles. The number of halogens is 1. The average Bonchev–Trinajstić information content (AvgIpc) is 2.47. The van der Waals surface area contributed by atoms with Crippen molar-refractivity contribution < 1.29 is 9.15 Å². The average molecular weight is 301 g/mol. The highest BCUT2D eigenvalue weighted by molar-refractivity contribution is 6.31. The zero-order chi connectivity index (χ0) is 14.8. The lowest BCUT2D eigenvalue weighted by Crippen LogP contribution is -2.04. The molecule has 4 heteroatoms. The SMILES string of the molecule is C[C@@H](Oc1ccc2ccc(=O)oc2c1)c1ccccc1Cl. The molecular formula is C17H13ClO3. The Morgan fingerprint density at radius 1 is 1.10 bits per heavy atom. The highest BCUT2D eigenvalue weighted by Crippen LogP contribution is 2.28. The van der Waals surface area contributed by atoms with Crippen LogP contribution in [0.25, 0.3) is 11.0 Å². The van der Waals surface area contributed by atoms with Gasteiger partial charge >= 0.3 is 5.63 Å². The molecule has 1 aromatic heterocycles. The van der Waals surface area contributed by atoms with E-state index >= 15 is 0 Å². The summed E-state index contributed by atoms with van der Waals surface area (Å²) in [5.41, 5.74) is 1.04. The van der Waals surface area contributed by atoms with Gasteiger partial charge in [0, 0.05) is 28.1 Å². The quantitative estimate of drug-likeness (QED) is 0.664. The predicted molar refractivity (Wildman–Crippen MR) is 83.0 cm³/mol. The lowest BCUT2D eigenvalue weighted by molar-refractivity contribution is 0.227. The van der Waals surface area contributed by atoms with E-state index in [9.17, 15) is 4.79 Å². The van der Waals surface area contributed by atoms with Crippen molar-refractivity contribution >= 4 is 22.6 Å². The molecule has 0 N–H and O–H groups in total. The Hall–Kier alpha value is -2.26. The Morgan fingerprint density at radius 2 is 1.86 bits per heavy atom. The van der Waals surface area contributed by atoms with Crippen LogP contribution >= 0.6 is 11.6 Å². The summed E-state index contributed by atoms with van der Waals surface area (Å²) >= 11 is 6.16. The van der Waals surface area contributed by atoms with Crippen LogP contribution in [0, 0.1) is 0 Å². The minimum atomic E-state index is -0.376. The van der Waals surface area contributed by atoms with Crippen molar-refractivity contribution in [1.29, 1.82) is 0 Å². The number of benzene rings is 2. The van der Waals surface area contributed by atoms with Gasteiger partial charge in [-0.2, -0.15) is 0 Å². The first-order valence-corrected chi connectivity index (χ1v) is 6.96. The fourth-order valence-electron chi connectivity index (χ4n) is 2.19. The number of fused-ring (bicyclic) bond motifs is 1. The van der Waals surface area contributed by atoms with Crippen molar-refractivity contribution in [2.24, 2.45) is 0 Å². The topological polar surface area (TPSA) is 39.4 Å². The molecule has 0 aliphatic rings. The molecule has 0 spiro atoms. The van der Waals surface area contributed by atoms with Crippen LogP contribution in [0.4, 0.5) is 0 Å². The summed E-state index contributed by atoms with van der Waals surface area (Å²) in [7, 11) is 0. The lowest BCUT2D eigenvalue weighted by Gasteiger charge is -2.16. The molecule has 0 radical (unpaired) electrons.